The van der Waals surface area contributed by atoms with Crippen LogP contribution >= 0.6 is 27.3 Å². The Labute approximate surface area is 124 Å². The number of thiophene rings is 1. The molecule has 2 heterocycles. The predicted molar refractivity (Wildman–Crippen MR) is 84.4 cm³/mol. The Kier molecular flexibility index (Phi) is 3.64. The first kappa shape index (κ1) is 12.8. The van der Waals surface area contributed by atoms with Crippen molar-refractivity contribution in [3.8, 4) is 0 Å². The molecule has 0 saturated heterocycles. The minimum absolute atomic E-state index is 0.0338. The number of pyridine rings is 1. The van der Waals surface area contributed by atoms with Gasteiger partial charge in [0.15, 0.2) is 0 Å². The Morgan fingerprint density at radius 1 is 1.21 bits per heavy atom. The SMILES string of the molecule is NC(Cc1sccc1Br)c1cccc2cccnc12. The van der Waals surface area contributed by atoms with Crippen molar-refractivity contribution in [2.45, 2.75) is 12.5 Å². The van der Waals surface area contributed by atoms with E-state index >= 15 is 0 Å². The van der Waals surface area contributed by atoms with Gasteiger partial charge in [0.05, 0.1) is 5.52 Å². The maximum absolute atomic E-state index is 6.37. The number of benzene rings is 1. The fourth-order valence-electron chi connectivity index (χ4n) is 2.21. The zero-order chi connectivity index (χ0) is 13.2. The molecule has 0 amide bonds. The summed E-state index contributed by atoms with van der Waals surface area (Å²) in [6, 6.07) is 12.2. The molecule has 3 rings (SSSR count). The first-order valence-electron chi connectivity index (χ1n) is 6.07. The van der Waals surface area contributed by atoms with Gasteiger partial charge in [-0.15, -0.1) is 11.3 Å². The van der Waals surface area contributed by atoms with Gasteiger partial charge in [-0.25, -0.2) is 0 Å². The van der Waals surface area contributed by atoms with E-state index in [0.717, 1.165) is 27.4 Å². The molecule has 0 bridgehead atoms. The molecule has 3 aromatic rings. The molecule has 4 heteroatoms. The lowest BCUT2D eigenvalue weighted by molar-refractivity contribution is 0.733. The maximum Gasteiger partial charge on any atom is 0.0749 e. The zero-order valence-electron chi connectivity index (χ0n) is 10.2. The summed E-state index contributed by atoms with van der Waals surface area (Å²) in [6.45, 7) is 0. The maximum atomic E-state index is 6.37. The second-order valence-electron chi connectivity index (χ2n) is 4.42. The fourth-order valence-corrected chi connectivity index (χ4v) is 3.78. The number of nitrogens with zero attached hydrogens (tertiary/aromatic N) is 1. The molecule has 1 aromatic carbocycles. The van der Waals surface area contributed by atoms with Gasteiger partial charge < -0.3 is 5.73 Å². The van der Waals surface area contributed by atoms with Crippen LogP contribution in [0.1, 0.15) is 16.5 Å². The highest BCUT2D eigenvalue weighted by Gasteiger charge is 2.13. The second-order valence-corrected chi connectivity index (χ2v) is 6.28. The zero-order valence-corrected chi connectivity index (χ0v) is 12.6. The van der Waals surface area contributed by atoms with Crippen LogP contribution in [0, 0.1) is 0 Å². The molecule has 1 unspecified atom stereocenters. The van der Waals surface area contributed by atoms with E-state index in [2.05, 4.69) is 50.6 Å². The minimum Gasteiger partial charge on any atom is -0.324 e. The normalized spacial score (nSPS) is 12.7. The van der Waals surface area contributed by atoms with Gasteiger partial charge in [-0.3, -0.25) is 4.98 Å². The molecular weight excluding hydrogens is 320 g/mol. The van der Waals surface area contributed by atoms with E-state index < -0.39 is 0 Å². The number of rotatable bonds is 3. The quantitative estimate of drug-likeness (QED) is 0.776. The predicted octanol–water partition coefficient (Wildman–Crippen LogP) is 4.30. The van der Waals surface area contributed by atoms with Crippen molar-refractivity contribution in [3.05, 3.63) is 62.9 Å². The molecule has 0 saturated carbocycles. The molecule has 96 valence electrons. The number of nitrogens with two attached hydrogens (primary N) is 1. The van der Waals surface area contributed by atoms with Crippen LogP contribution in [0.25, 0.3) is 10.9 Å². The Hall–Kier alpha value is -1.23. The third-order valence-corrected chi connectivity index (χ3v) is 5.11. The Balaban J connectivity index is 1.98. The summed E-state index contributed by atoms with van der Waals surface area (Å²) in [7, 11) is 0. The van der Waals surface area contributed by atoms with Crippen molar-refractivity contribution < 1.29 is 0 Å². The van der Waals surface area contributed by atoms with E-state index in [1.54, 1.807) is 11.3 Å². The molecule has 2 nitrogen and oxygen atoms in total. The molecule has 0 aliphatic heterocycles. The smallest absolute Gasteiger partial charge is 0.0749 e. The highest BCUT2D eigenvalue weighted by Crippen LogP contribution is 2.29. The van der Waals surface area contributed by atoms with Gasteiger partial charge in [-0.2, -0.15) is 0 Å². The minimum atomic E-state index is -0.0338. The molecule has 0 spiro atoms. The van der Waals surface area contributed by atoms with E-state index in [1.165, 1.54) is 4.88 Å². The summed E-state index contributed by atoms with van der Waals surface area (Å²) >= 11 is 5.29. The van der Waals surface area contributed by atoms with Crippen LogP contribution in [0.2, 0.25) is 0 Å². The highest BCUT2D eigenvalue weighted by molar-refractivity contribution is 9.10. The van der Waals surface area contributed by atoms with Crippen molar-refractivity contribution >= 4 is 38.2 Å². The van der Waals surface area contributed by atoms with Gasteiger partial charge in [0.2, 0.25) is 0 Å². The molecular formula is C15H13BrN2S. The number of hydrogen-bond donors (Lipinski definition) is 1. The van der Waals surface area contributed by atoms with Crippen LogP contribution in [-0.2, 0) is 6.42 Å². The van der Waals surface area contributed by atoms with Gasteiger partial charge >= 0.3 is 0 Å². The number of fused-ring (bicyclic) bond motifs is 1. The number of para-hydroxylation sites is 1. The van der Waals surface area contributed by atoms with Crippen LogP contribution in [0.3, 0.4) is 0 Å². The third kappa shape index (κ3) is 2.56. The molecule has 2 aromatic heterocycles. The van der Waals surface area contributed by atoms with Crippen molar-refractivity contribution in [3.63, 3.8) is 0 Å². The van der Waals surface area contributed by atoms with Gasteiger partial charge in [0.25, 0.3) is 0 Å². The van der Waals surface area contributed by atoms with Crippen molar-refractivity contribution in [2.75, 3.05) is 0 Å². The van der Waals surface area contributed by atoms with E-state index in [9.17, 15) is 0 Å². The number of halogens is 1. The lowest BCUT2D eigenvalue weighted by Crippen LogP contribution is -2.13. The molecule has 0 fully saturated rings. The second kappa shape index (κ2) is 5.41. The van der Waals surface area contributed by atoms with Gasteiger partial charge in [-0.1, -0.05) is 24.3 Å². The van der Waals surface area contributed by atoms with Crippen LogP contribution in [0.4, 0.5) is 0 Å². The van der Waals surface area contributed by atoms with Gasteiger partial charge in [0.1, 0.15) is 0 Å². The van der Waals surface area contributed by atoms with Gasteiger partial charge in [0, 0.05) is 33.4 Å². The van der Waals surface area contributed by atoms with Crippen LogP contribution in [0.15, 0.2) is 52.4 Å². The highest BCUT2D eigenvalue weighted by atomic mass is 79.9. The van der Waals surface area contributed by atoms with Crippen LogP contribution in [0.5, 0.6) is 0 Å². The Morgan fingerprint density at radius 2 is 2.05 bits per heavy atom. The van der Waals surface area contributed by atoms with Crippen LogP contribution in [-0.4, -0.2) is 4.98 Å². The summed E-state index contributed by atoms with van der Waals surface area (Å²) < 4.78 is 1.14. The average molecular weight is 333 g/mol. The Bertz CT molecular complexity index is 703. The standard InChI is InChI=1S/C15H13BrN2S/c16-12-6-8-19-14(12)9-13(17)11-5-1-3-10-4-2-7-18-15(10)11/h1-8,13H,9,17H2. The molecule has 0 aliphatic rings. The average Bonchev–Trinajstić information content (AvgIpc) is 2.83. The first-order valence-corrected chi connectivity index (χ1v) is 7.74. The lowest BCUT2D eigenvalue weighted by Gasteiger charge is -2.13. The lowest BCUT2D eigenvalue weighted by atomic mass is 10.0. The molecule has 0 aliphatic carbocycles. The Morgan fingerprint density at radius 3 is 2.84 bits per heavy atom. The first-order chi connectivity index (χ1) is 9.25. The molecule has 19 heavy (non-hydrogen) atoms. The van der Waals surface area contributed by atoms with E-state index in [1.807, 2.05) is 18.3 Å². The summed E-state index contributed by atoms with van der Waals surface area (Å²) in [5.41, 5.74) is 8.48. The summed E-state index contributed by atoms with van der Waals surface area (Å²) in [5.74, 6) is 0. The van der Waals surface area contributed by atoms with Crippen LogP contribution < -0.4 is 5.73 Å². The van der Waals surface area contributed by atoms with Crippen molar-refractivity contribution in [1.29, 1.82) is 0 Å². The number of aromatic nitrogens is 1. The largest absolute Gasteiger partial charge is 0.324 e. The molecule has 0 radical (unpaired) electrons. The van der Waals surface area contributed by atoms with E-state index in [0.29, 0.717) is 0 Å². The summed E-state index contributed by atoms with van der Waals surface area (Å²) in [4.78, 5) is 5.74. The summed E-state index contributed by atoms with van der Waals surface area (Å²) in [6.07, 6.45) is 2.65. The van der Waals surface area contributed by atoms with Gasteiger partial charge in [-0.05, 0) is 39.0 Å². The van der Waals surface area contributed by atoms with Crippen molar-refractivity contribution in [1.82, 2.24) is 4.98 Å². The summed E-state index contributed by atoms with van der Waals surface area (Å²) in [5, 5.41) is 3.22. The van der Waals surface area contributed by atoms with Crippen molar-refractivity contribution in [2.24, 2.45) is 5.73 Å². The number of hydrogen-bond acceptors (Lipinski definition) is 3. The molecule has 2 N–H and O–H groups in total. The topological polar surface area (TPSA) is 38.9 Å². The van der Waals surface area contributed by atoms with E-state index in [-0.39, 0.29) is 6.04 Å². The third-order valence-electron chi connectivity index (χ3n) is 3.16. The monoisotopic (exact) mass is 332 g/mol. The molecule has 1 atom stereocenters. The fraction of sp³-hybridized carbons (Fsp3) is 0.133. The van der Waals surface area contributed by atoms with E-state index in [4.69, 9.17) is 5.73 Å².